The summed E-state index contributed by atoms with van der Waals surface area (Å²) in [5, 5.41) is 3.01. The highest BCUT2D eigenvalue weighted by atomic mass is 16.5. The van der Waals surface area contributed by atoms with Gasteiger partial charge in [0.1, 0.15) is 0 Å². The first-order chi connectivity index (χ1) is 12.4. The van der Waals surface area contributed by atoms with Crippen LogP contribution in [0, 0.1) is 17.8 Å². The van der Waals surface area contributed by atoms with E-state index < -0.39 is 23.8 Å². The van der Waals surface area contributed by atoms with Crippen LogP contribution in [0.2, 0.25) is 0 Å². The fourth-order valence-corrected chi connectivity index (χ4v) is 4.66. The fraction of sp³-hybridized carbons (Fsp3) is 0.842. The number of nitrogens with one attached hydrogen (secondary N) is 1. The third kappa shape index (κ3) is 3.72. The van der Waals surface area contributed by atoms with Crippen molar-refractivity contribution in [2.24, 2.45) is 17.8 Å². The monoisotopic (exact) mass is 368 g/mol. The van der Waals surface area contributed by atoms with Gasteiger partial charge in [0, 0.05) is 18.6 Å². The van der Waals surface area contributed by atoms with Crippen molar-refractivity contribution < 1.29 is 23.9 Å². The molecule has 1 amide bonds. The molecule has 1 unspecified atom stereocenters. The highest BCUT2D eigenvalue weighted by molar-refractivity contribution is 5.86. The van der Waals surface area contributed by atoms with Gasteiger partial charge >= 0.3 is 11.9 Å². The van der Waals surface area contributed by atoms with Gasteiger partial charge in [-0.2, -0.15) is 0 Å². The topological polar surface area (TPSA) is 84.9 Å². The van der Waals surface area contributed by atoms with Crippen LogP contribution in [-0.2, 0) is 23.9 Å². The minimum atomic E-state index is -0.573. The quantitative estimate of drug-likeness (QED) is 0.514. The molecule has 7 nitrogen and oxygen atoms in total. The number of carbonyl (C=O) groups excluding carboxylic acids is 3. The van der Waals surface area contributed by atoms with Crippen molar-refractivity contribution in [3.8, 4) is 0 Å². The summed E-state index contributed by atoms with van der Waals surface area (Å²) in [4.78, 5) is 39.8. The van der Waals surface area contributed by atoms with Gasteiger partial charge in [-0.1, -0.05) is 27.2 Å². The molecule has 2 bridgehead atoms. The van der Waals surface area contributed by atoms with Gasteiger partial charge in [0.15, 0.2) is 0 Å². The first-order valence-electron chi connectivity index (χ1n) is 9.59. The van der Waals surface area contributed by atoms with E-state index in [0.29, 0.717) is 6.54 Å². The molecule has 0 saturated carbocycles. The van der Waals surface area contributed by atoms with E-state index in [-0.39, 0.29) is 30.0 Å². The molecule has 0 aromatic rings. The molecule has 2 rings (SSSR count). The summed E-state index contributed by atoms with van der Waals surface area (Å²) in [5.41, 5.74) is 0. The third-order valence-corrected chi connectivity index (χ3v) is 5.74. The highest BCUT2D eigenvalue weighted by Crippen LogP contribution is 2.48. The lowest BCUT2D eigenvalue weighted by Gasteiger charge is -2.34. The van der Waals surface area contributed by atoms with Gasteiger partial charge in [-0.3, -0.25) is 19.3 Å². The van der Waals surface area contributed by atoms with E-state index in [9.17, 15) is 14.4 Å². The molecular formula is C19H32N2O5. The molecule has 0 radical (unpaired) electrons. The van der Waals surface area contributed by atoms with Crippen molar-refractivity contribution >= 4 is 17.8 Å². The van der Waals surface area contributed by atoms with Crippen molar-refractivity contribution in [2.45, 2.75) is 64.6 Å². The number of esters is 2. The number of methoxy groups -OCH3 is 2. The maximum atomic E-state index is 12.9. The predicted molar refractivity (Wildman–Crippen MR) is 96.2 cm³/mol. The molecule has 2 fully saturated rings. The summed E-state index contributed by atoms with van der Waals surface area (Å²) in [5.74, 6) is -1.90. The van der Waals surface area contributed by atoms with Crippen molar-refractivity contribution in [1.82, 2.24) is 10.2 Å². The average Bonchev–Trinajstić information content (AvgIpc) is 3.16. The molecule has 0 aliphatic carbocycles. The maximum Gasteiger partial charge on any atom is 0.311 e. The van der Waals surface area contributed by atoms with Crippen LogP contribution < -0.4 is 5.32 Å². The number of ether oxygens (including phenoxy) is 2. The Morgan fingerprint density at radius 3 is 1.92 bits per heavy atom. The number of fused-ring (bicyclic) bond motifs is 2. The van der Waals surface area contributed by atoms with Gasteiger partial charge in [0.2, 0.25) is 5.91 Å². The van der Waals surface area contributed by atoms with E-state index in [1.54, 1.807) is 0 Å². The van der Waals surface area contributed by atoms with Crippen molar-refractivity contribution in [3.05, 3.63) is 0 Å². The third-order valence-electron chi connectivity index (χ3n) is 5.74. The molecule has 2 aliphatic rings. The lowest BCUT2D eigenvalue weighted by molar-refractivity contribution is -0.157. The molecule has 2 heterocycles. The molecule has 0 spiro atoms. The van der Waals surface area contributed by atoms with Gasteiger partial charge in [0.25, 0.3) is 0 Å². The summed E-state index contributed by atoms with van der Waals surface area (Å²) in [6.07, 6.45) is 3.50. The van der Waals surface area contributed by atoms with Crippen LogP contribution >= 0.6 is 0 Å². The van der Waals surface area contributed by atoms with Gasteiger partial charge in [-0.05, 0) is 25.2 Å². The van der Waals surface area contributed by atoms with E-state index >= 15 is 0 Å². The summed E-state index contributed by atoms with van der Waals surface area (Å²) in [6, 6.07) is -0.701. The lowest BCUT2D eigenvalue weighted by Crippen LogP contribution is -2.53. The minimum absolute atomic E-state index is 0.0283. The zero-order chi connectivity index (χ0) is 19.4. The fourth-order valence-electron chi connectivity index (χ4n) is 4.66. The number of hydrogen-bond acceptors (Lipinski definition) is 6. The smallest absolute Gasteiger partial charge is 0.311 e. The second-order valence-corrected chi connectivity index (χ2v) is 7.59. The Morgan fingerprint density at radius 2 is 1.54 bits per heavy atom. The Morgan fingerprint density at radius 1 is 1.04 bits per heavy atom. The zero-order valence-electron chi connectivity index (χ0n) is 16.5. The number of unbranched alkanes of at least 4 members (excludes halogenated alkanes) is 1. The molecular weight excluding hydrogens is 336 g/mol. The molecule has 7 heteroatoms. The molecule has 148 valence electrons. The summed E-state index contributed by atoms with van der Waals surface area (Å²) in [6.45, 7) is 6.72. The van der Waals surface area contributed by atoms with Crippen molar-refractivity contribution in [2.75, 3.05) is 20.8 Å². The summed E-state index contributed by atoms with van der Waals surface area (Å²) >= 11 is 0. The Bertz CT molecular complexity index is 506. The van der Waals surface area contributed by atoms with Crippen LogP contribution in [0.4, 0.5) is 0 Å². The molecule has 1 N–H and O–H groups in total. The van der Waals surface area contributed by atoms with Gasteiger partial charge < -0.3 is 14.8 Å². The number of carbonyl (C=O) groups is 3. The van der Waals surface area contributed by atoms with Crippen LogP contribution in [0.5, 0.6) is 0 Å². The highest BCUT2D eigenvalue weighted by Gasteiger charge is 2.62. The van der Waals surface area contributed by atoms with E-state index in [1.807, 2.05) is 13.8 Å². The van der Waals surface area contributed by atoms with E-state index in [2.05, 4.69) is 17.1 Å². The van der Waals surface area contributed by atoms with Crippen LogP contribution in [0.15, 0.2) is 0 Å². The zero-order valence-corrected chi connectivity index (χ0v) is 16.5. The summed E-state index contributed by atoms with van der Waals surface area (Å²) < 4.78 is 9.93. The average molecular weight is 368 g/mol. The first-order valence-corrected chi connectivity index (χ1v) is 9.59. The molecule has 2 saturated heterocycles. The Labute approximate surface area is 155 Å². The van der Waals surface area contributed by atoms with E-state index in [0.717, 1.165) is 25.7 Å². The molecule has 0 aromatic carbocycles. The molecule has 5 atom stereocenters. The van der Waals surface area contributed by atoms with Gasteiger partial charge in [-0.25, -0.2) is 0 Å². The van der Waals surface area contributed by atoms with Crippen molar-refractivity contribution in [1.29, 1.82) is 0 Å². The predicted octanol–water partition coefficient (Wildman–Crippen LogP) is 1.35. The first kappa shape index (κ1) is 20.7. The SMILES string of the molecule is CCCCNC(=O)C(C(C)C)N1[C@@H]2CC[C@H]1[C@@H](C(=O)OC)[C@@H]2C(=O)OC. The Kier molecular flexibility index (Phi) is 7.03. The number of rotatable bonds is 8. The van der Waals surface area contributed by atoms with Crippen molar-refractivity contribution in [3.63, 3.8) is 0 Å². The number of amides is 1. The molecule has 2 aliphatic heterocycles. The van der Waals surface area contributed by atoms with Crippen LogP contribution in [-0.4, -0.2) is 61.6 Å². The second-order valence-electron chi connectivity index (χ2n) is 7.59. The van der Waals surface area contributed by atoms with Crippen LogP contribution in [0.25, 0.3) is 0 Å². The molecule has 26 heavy (non-hydrogen) atoms. The molecule has 0 aromatic heterocycles. The number of nitrogens with zero attached hydrogens (tertiary/aromatic N) is 1. The van der Waals surface area contributed by atoms with Crippen LogP contribution in [0.3, 0.4) is 0 Å². The van der Waals surface area contributed by atoms with E-state index in [4.69, 9.17) is 9.47 Å². The van der Waals surface area contributed by atoms with E-state index in [1.165, 1.54) is 14.2 Å². The lowest BCUT2D eigenvalue weighted by atomic mass is 9.79. The standard InChI is InChI=1S/C19H32N2O5/c1-6-7-10-20-17(22)16(11(2)3)21-12-8-9-13(21)15(19(24)26-5)14(12)18(23)25-4/h11-16H,6-10H2,1-5H3,(H,20,22)/t12-,13+,14-,15-,16?/m1/s1. The normalized spacial score (nSPS) is 28.8. The largest absolute Gasteiger partial charge is 0.469 e. The number of hydrogen-bond donors (Lipinski definition) is 1. The van der Waals surface area contributed by atoms with Crippen LogP contribution in [0.1, 0.15) is 46.5 Å². The maximum absolute atomic E-state index is 12.9. The second kappa shape index (κ2) is 8.84. The van der Waals surface area contributed by atoms with Gasteiger partial charge in [-0.15, -0.1) is 0 Å². The Balaban J connectivity index is 2.30. The van der Waals surface area contributed by atoms with Gasteiger partial charge in [0.05, 0.1) is 32.1 Å². The Hall–Kier alpha value is -1.63. The minimum Gasteiger partial charge on any atom is -0.469 e. The summed E-state index contributed by atoms with van der Waals surface area (Å²) in [7, 11) is 2.68.